The summed E-state index contributed by atoms with van der Waals surface area (Å²) in [5.74, 6) is -2.13. The molecule has 1 aliphatic rings. The first-order chi connectivity index (χ1) is 19.5. The number of aromatic nitrogens is 2. The molecule has 2 aromatic carbocycles. The van der Waals surface area contributed by atoms with Gasteiger partial charge in [0.05, 0.1) is 35.7 Å². The Morgan fingerprint density at radius 1 is 1.07 bits per heavy atom. The van der Waals surface area contributed by atoms with Crippen LogP contribution < -0.4 is 16.4 Å². The van der Waals surface area contributed by atoms with Crippen LogP contribution in [0.3, 0.4) is 0 Å². The van der Waals surface area contributed by atoms with Crippen molar-refractivity contribution in [2.45, 2.75) is 17.4 Å². The predicted octanol–water partition coefficient (Wildman–Crippen LogP) is 2.08. The van der Waals surface area contributed by atoms with Crippen LogP contribution in [-0.4, -0.2) is 53.1 Å². The summed E-state index contributed by atoms with van der Waals surface area (Å²) in [6, 6.07) is 16.3. The molecule has 0 radical (unpaired) electrons. The van der Waals surface area contributed by atoms with E-state index in [0.717, 1.165) is 21.0 Å². The number of benzene rings is 2. The maximum atomic E-state index is 12.9. The van der Waals surface area contributed by atoms with Gasteiger partial charge in [0.15, 0.2) is 5.54 Å². The number of fused-ring (bicyclic) bond motifs is 1. The molecule has 1 saturated heterocycles. The quantitative estimate of drug-likeness (QED) is 0.239. The van der Waals surface area contributed by atoms with Gasteiger partial charge in [0.1, 0.15) is 5.82 Å². The van der Waals surface area contributed by atoms with E-state index in [2.05, 4.69) is 20.6 Å². The zero-order valence-electron chi connectivity index (χ0n) is 21.6. The molecule has 5 rings (SSSR count). The monoisotopic (exact) mass is 566 g/mol. The highest BCUT2D eigenvalue weighted by atomic mass is 32.2. The van der Waals surface area contributed by atoms with Crippen LogP contribution in [0.4, 0.5) is 11.5 Å². The van der Waals surface area contributed by atoms with Crippen molar-refractivity contribution in [1.82, 2.24) is 19.6 Å². The second kappa shape index (κ2) is 10.3. The maximum absolute atomic E-state index is 12.9. The highest BCUT2D eigenvalue weighted by Gasteiger charge is 2.50. The number of nitriles is 2. The summed E-state index contributed by atoms with van der Waals surface area (Å²) in [6.45, 7) is 1.21. The molecule has 4 aromatic rings. The van der Waals surface area contributed by atoms with E-state index in [1.807, 2.05) is 37.3 Å². The van der Waals surface area contributed by atoms with E-state index in [4.69, 9.17) is 11.0 Å². The standard InChI is InChI=1S/C28H22N8O4S/c1-17-5-6-32-12-22(17)19-8-20-10-25(33-13-23(20)24(31)9-19)34-26(37)27(38)35-28(14-30)15-36(16-28)41(39,40)21-4-2-3-18(7-21)11-29/h2-10,12-13H,15-16,31H2,1H3,(H,35,38)(H,33,34,37). The Labute approximate surface area is 235 Å². The predicted molar refractivity (Wildman–Crippen MR) is 149 cm³/mol. The second-order valence-corrected chi connectivity index (χ2v) is 11.5. The number of hydrogen-bond acceptors (Lipinski definition) is 9. The Morgan fingerprint density at radius 3 is 2.56 bits per heavy atom. The van der Waals surface area contributed by atoms with Crippen LogP contribution >= 0.6 is 0 Å². The number of nitrogens with zero attached hydrogens (tertiary/aromatic N) is 5. The number of amides is 2. The topological polar surface area (TPSA) is 195 Å². The van der Waals surface area contributed by atoms with Gasteiger partial charge in [-0.05, 0) is 65.9 Å². The Kier molecular flexibility index (Phi) is 6.84. The van der Waals surface area contributed by atoms with Gasteiger partial charge >= 0.3 is 11.8 Å². The summed E-state index contributed by atoms with van der Waals surface area (Å²) in [5.41, 5.74) is 7.99. The van der Waals surface area contributed by atoms with E-state index in [9.17, 15) is 23.3 Å². The Balaban J connectivity index is 1.29. The fourth-order valence-electron chi connectivity index (χ4n) is 4.50. The minimum absolute atomic E-state index is 0.0818. The molecule has 2 amide bonds. The van der Waals surface area contributed by atoms with E-state index in [1.165, 1.54) is 30.5 Å². The minimum Gasteiger partial charge on any atom is -0.398 e. The number of nitrogens with one attached hydrogen (secondary N) is 2. The Bertz CT molecular complexity index is 1920. The van der Waals surface area contributed by atoms with Crippen molar-refractivity contribution in [3.05, 3.63) is 78.2 Å². The van der Waals surface area contributed by atoms with E-state index in [1.54, 1.807) is 18.5 Å². The average molecular weight is 567 g/mol. The Hall–Kier alpha value is -5.37. The third-order valence-corrected chi connectivity index (χ3v) is 8.51. The third kappa shape index (κ3) is 5.15. The molecule has 204 valence electrons. The van der Waals surface area contributed by atoms with Crippen LogP contribution in [0.2, 0.25) is 0 Å². The van der Waals surface area contributed by atoms with Gasteiger partial charge in [0, 0.05) is 35.2 Å². The van der Waals surface area contributed by atoms with Crippen molar-refractivity contribution in [2.24, 2.45) is 0 Å². The molecule has 0 unspecified atom stereocenters. The molecule has 0 atom stereocenters. The zero-order chi connectivity index (χ0) is 29.4. The summed E-state index contributed by atoms with van der Waals surface area (Å²) >= 11 is 0. The van der Waals surface area contributed by atoms with Gasteiger partial charge in [0.2, 0.25) is 10.0 Å². The molecular formula is C28H22N8O4S. The van der Waals surface area contributed by atoms with Gasteiger partial charge in [-0.2, -0.15) is 14.8 Å². The lowest BCUT2D eigenvalue weighted by Crippen LogP contribution is -2.71. The molecule has 0 spiro atoms. The second-order valence-electron chi connectivity index (χ2n) is 9.56. The number of pyridine rings is 2. The number of nitrogens with two attached hydrogens (primary N) is 1. The van der Waals surface area contributed by atoms with Gasteiger partial charge in [0.25, 0.3) is 0 Å². The molecule has 13 heteroatoms. The molecule has 3 heterocycles. The van der Waals surface area contributed by atoms with Crippen molar-refractivity contribution < 1.29 is 18.0 Å². The summed E-state index contributed by atoms with van der Waals surface area (Å²) in [6.07, 6.45) is 4.90. The smallest absolute Gasteiger partial charge is 0.314 e. The van der Waals surface area contributed by atoms with Crippen LogP contribution in [0.15, 0.2) is 72.0 Å². The first-order valence-electron chi connectivity index (χ1n) is 12.2. The van der Waals surface area contributed by atoms with Crippen molar-refractivity contribution in [3.63, 3.8) is 0 Å². The van der Waals surface area contributed by atoms with Crippen molar-refractivity contribution in [3.8, 4) is 23.3 Å². The van der Waals surface area contributed by atoms with Crippen molar-refractivity contribution >= 4 is 44.1 Å². The van der Waals surface area contributed by atoms with Gasteiger partial charge < -0.3 is 16.4 Å². The van der Waals surface area contributed by atoms with Gasteiger partial charge in [-0.15, -0.1) is 0 Å². The molecular weight excluding hydrogens is 544 g/mol. The molecule has 0 saturated carbocycles. The number of carbonyl (C=O) groups excluding carboxylic acids is 2. The molecule has 0 bridgehead atoms. The van der Waals surface area contributed by atoms with Gasteiger partial charge in [-0.3, -0.25) is 14.6 Å². The lowest BCUT2D eigenvalue weighted by atomic mass is 9.94. The maximum Gasteiger partial charge on any atom is 0.314 e. The third-order valence-electron chi connectivity index (χ3n) is 6.73. The summed E-state index contributed by atoms with van der Waals surface area (Å²) in [4.78, 5) is 33.6. The normalized spacial score (nSPS) is 14.3. The number of hydrogen-bond donors (Lipinski definition) is 3. The molecule has 41 heavy (non-hydrogen) atoms. The fourth-order valence-corrected chi connectivity index (χ4v) is 6.11. The average Bonchev–Trinajstić information content (AvgIpc) is 2.94. The number of aryl methyl sites for hydroxylation is 1. The lowest BCUT2D eigenvalue weighted by Gasteiger charge is -2.44. The molecule has 1 aliphatic heterocycles. The van der Waals surface area contributed by atoms with Crippen LogP contribution in [0.5, 0.6) is 0 Å². The number of sulfonamides is 1. The molecule has 12 nitrogen and oxygen atoms in total. The zero-order valence-corrected chi connectivity index (χ0v) is 22.4. The molecule has 2 aromatic heterocycles. The van der Waals surface area contributed by atoms with Crippen LogP contribution in [0, 0.1) is 29.6 Å². The van der Waals surface area contributed by atoms with Gasteiger partial charge in [-0.1, -0.05) is 6.07 Å². The number of rotatable bonds is 5. The number of anilines is 2. The fraction of sp³-hybridized carbons (Fsp3) is 0.143. The summed E-state index contributed by atoms with van der Waals surface area (Å²) in [5, 5.41) is 24.8. The molecule has 0 aliphatic carbocycles. The van der Waals surface area contributed by atoms with E-state index >= 15 is 0 Å². The van der Waals surface area contributed by atoms with Crippen LogP contribution in [0.25, 0.3) is 21.9 Å². The highest BCUT2D eigenvalue weighted by Crippen LogP contribution is 2.32. The largest absolute Gasteiger partial charge is 0.398 e. The SMILES string of the molecule is Cc1ccncc1-c1cc(N)c2cnc(NC(=O)C(=O)NC3(C#N)CN(S(=O)(=O)c4cccc(C#N)c4)C3)cc2c1. The summed E-state index contributed by atoms with van der Waals surface area (Å²) < 4.78 is 26.8. The summed E-state index contributed by atoms with van der Waals surface area (Å²) in [7, 11) is -4.02. The van der Waals surface area contributed by atoms with Crippen molar-refractivity contribution in [2.75, 3.05) is 24.1 Å². The van der Waals surface area contributed by atoms with E-state index < -0.39 is 27.4 Å². The van der Waals surface area contributed by atoms with E-state index in [-0.39, 0.29) is 29.4 Å². The van der Waals surface area contributed by atoms with E-state index in [0.29, 0.717) is 16.5 Å². The number of carbonyl (C=O) groups is 2. The first kappa shape index (κ1) is 27.2. The molecule has 1 fully saturated rings. The van der Waals surface area contributed by atoms with Crippen molar-refractivity contribution in [1.29, 1.82) is 10.5 Å². The van der Waals surface area contributed by atoms with Crippen LogP contribution in [-0.2, 0) is 19.6 Å². The van der Waals surface area contributed by atoms with Gasteiger partial charge in [-0.25, -0.2) is 13.4 Å². The lowest BCUT2D eigenvalue weighted by molar-refractivity contribution is -0.137. The van der Waals surface area contributed by atoms with Crippen LogP contribution in [0.1, 0.15) is 11.1 Å². The highest BCUT2D eigenvalue weighted by molar-refractivity contribution is 7.89. The minimum atomic E-state index is -4.02. The Morgan fingerprint density at radius 2 is 1.85 bits per heavy atom. The first-order valence-corrected chi connectivity index (χ1v) is 13.6. The molecule has 4 N–H and O–H groups in total. The number of nitrogen functional groups attached to an aromatic ring is 1.